The fourth-order valence-electron chi connectivity index (χ4n) is 4.55. The van der Waals surface area contributed by atoms with Crippen molar-refractivity contribution in [3.05, 3.63) is 59.4 Å². The second-order valence-electron chi connectivity index (χ2n) is 8.38. The second-order valence-corrected chi connectivity index (χ2v) is 8.82. The standard InChI is InChI=1S/C24H25ClN6O3/c1-34-20-10-9-14(25)12-15(20)22-16(13-31(28-22)17-6-2-3-8-19(17)32)27-24(33)21-18-7-4-5-11-30(18)29-23(21)26/h4-5,7,9-13,17,19,32H,2-3,6,8H2,1H3,(H2,26,29)(H,27,33)/t17-,19-/m1/s1. The first-order valence-electron chi connectivity index (χ1n) is 11.1. The van der Waals surface area contributed by atoms with Gasteiger partial charge in [-0.3, -0.25) is 9.48 Å². The van der Waals surface area contributed by atoms with Gasteiger partial charge in [0.25, 0.3) is 5.91 Å². The summed E-state index contributed by atoms with van der Waals surface area (Å²) in [5.74, 6) is 0.273. The van der Waals surface area contributed by atoms with Crippen LogP contribution in [0.25, 0.3) is 16.8 Å². The van der Waals surface area contributed by atoms with E-state index in [1.807, 2.05) is 12.1 Å². The van der Waals surface area contributed by atoms with Gasteiger partial charge in [-0.05, 0) is 43.2 Å². The topological polar surface area (TPSA) is 120 Å². The van der Waals surface area contributed by atoms with Crippen LogP contribution >= 0.6 is 11.6 Å². The predicted octanol–water partition coefficient (Wildman–Crippen LogP) is 4.17. The zero-order chi connectivity index (χ0) is 23.8. The lowest BCUT2D eigenvalue weighted by atomic mass is 9.93. The monoisotopic (exact) mass is 480 g/mol. The summed E-state index contributed by atoms with van der Waals surface area (Å²) in [6, 6.07) is 10.4. The number of methoxy groups -OCH3 is 1. The van der Waals surface area contributed by atoms with Crippen LogP contribution in [0.1, 0.15) is 42.1 Å². The number of halogens is 1. The van der Waals surface area contributed by atoms with Gasteiger partial charge in [0, 0.05) is 23.0 Å². The van der Waals surface area contributed by atoms with Gasteiger partial charge in [-0.2, -0.15) is 5.10 Å². The molecule has 5 rings (SSSR count). The highest BCUT2D eigenvalue weighted by molar-refractivity contribution is 6.31. The van der Waals surface area contributed by atoms with Crippen LogP contribution in [0.3, 0.4) is 0 Å². The lowest BCUT2D eigenvalue weighted by molar-refractivity contribution is 0.0696. The third-order valence-corrected chi connectivity index (χ3v) is 6.46. The van der Waals surface area contributed by atoms with Gasteiger partial charge < -0.3 is 20.9 Å². The normalized spacial score (nSPS) is 18.2. The average Bonchev–Trinajstić information content (AvgIpc) is 3.39. The quantitative estimate of drug-likeness (QED) is 0.394. The number of anilines is 2. The van der Waals surface area contributed by atoms with Gasteiger partial charge in [0.2, 0.25) is 0 Å². The number of ether oxygens (including phenoxy) is 1. The third kappa shape index (κ3) is 3.97. The Balaban J connectivity index is 1.60. The number of nitrogen functional groups attached to an aromatic ring is 1. The maximum Gasteiger partial charge on any atom is 0.261 e. The summed E-state index contributed by atoms with van der Waals surface area (Å²) in [7, 11) is 1.56. The van der Waals surface area contributed by atoms with Crippen molar-refractivity contribution >= 4 is 34.5 Å². The van der Waals surface area contributed by atoms with E-state index in [9.17, 15) is 9.90 Å². The molecular formula is C24H25ClN6O3. The Morgan fingerprint density at radius 2 is 2.06 bits per heavy atom. The zero-order valence-corrected chi connectivity index (χ0v) is 19.4. The van der Waals surface area contributed by atoms with Crippen LogP contribution < -0.4 is 15.8 Å². The number of pyridine rings is 1. The van der Waals surface area contributed by atoms with Crippen molar-refractivity contribution in [1.29, 1.82) is 0 Å². The Bertz CT molecular complexity index is 1360. The highest BCUT2D eigenvalue weighted by Crippen LogP contribution is 2.38. The summed E-state index contributed by atoms with van der Waals surface area (Å²) < 4.78 is 8.83. The average molecular weight is 481 g/mol. The molecule has 0 spiro atoms. The molecule has 0 saturated heterocycles. The van der Waals surface area contributed by atoms with E-state index < -0.39 is 12.0 Å². The number of amides is 1. The predicted molar refractivity (Wildman–Crippen MR) is 130 cm³/mol. The third-order valence-electron chi connectivity index (χ3n) is 6.22. The molecule has 0 bridgehead atoms. The van der Waals surface area contributed by atoms with Crippen molar-refractivity contribution in [2.24, 2.45) is 0 Å². The molecule has 34 heavy (non-hydrogen) atoms. The molecule has 1 saturated carbocycles. The van der Waals surface area contributed by atoms with E-state index in [0.717, 1.165) is 19.3 Å². The number of hydrogen-bond donors (Lipinski definition) is 3. The highest BCUT2D eigenvalue weighted by atomic mass is 35.5. The number of nitrogens with zero attached hydrogens (tertiary/aromatic N) is 4. The first kappa shape index (κ1) is 22.2. The molecule has 3 aromatic heterocycles. The smallest absolute Gasteiger partial charge is 0.261 e. The largest absolute Gasteiger partial charge is 0.496 e. The van der Waals surface area contributed by atoms with Gasteiger partial charge in [-0.25, -0.2) is 4.52 Å². The maximum atomic E-state index is 13.4. The molecule has 4 aromatic rings. The first-order valence-corrected chi connectivity index (χ1v) is 11.5. The number of aliphatic hydroxyl groups is 1. The molecule has 1 aliphatic carbocycles. The van der Waals surface area contributed by atoms with Crippen molar-refractivity contribution in [3.8, 4) is 17.0 Å². The van der Waals surface area contributed by atoms with Crippen molar-refractivity contribution < 1.29 is 14.6 Å². The molecule has 2 atom stereocenters. The molecular weight excluding hydrogens is 456 g/mol. The number of carbonyl (C=O) groups is 1. The van der Waals surface area contributed by atoms with Crippen LogP contribution in [0.15, 0.2) is 48.8 Å². The van der Waals surface area contributed by atoms with Gasteiger partial charge in [0.15, 0.2) is 5.82 Å². The fraction of sp³-hybridized carbons (Fsp3) is 0.292. The molecule has 1 amide bonds. The Kier molecular flexibility index (Phi) is 5.89. The van der Waals surface area contributed by atoms with E-state index in [1.165, 1.54) is 0 Å². The van der Waals surface area contributed by atoms with Gasteiger partial charge in [0.05, 0.1) is 30.5 Å². The van der Waals surface area contributed by atoms with Gasteiger partial charge in [0.1, 0.15) is 17.0 Å². The SMILES string of the molecule is COc1ccc(Cl)cc1-c1nn([C@@H]2CCCC[C@H]2O)cc1NC(=O)c1c(N)nn2ccccc12. The van der Waals surface area contributed by atoms with Crippen LogP contribution in [0, 0.1) is 0 Å². The minimum absolute atomic E-state index is 0.126. The zero-order valence-electron chi connectivity index (χ0n) is 18.6. The van der Waals surface area contributed by atoms with Crippen molar-refractivity contribution in [1.82, 2.24) is 19.4 Å². The number of aliphatic hydroxyl groups excluding tert-OH is 1. The van der Waals surface area contributed by atoms with E-state index in [1.54, 1.807) is 53.0 Å². The number of fused-ring (bicyclic) bond motifs is 1. The molecule has 0 radical (unpaired) electrons. The molecule has 1 aromatic carbocycles. The molecule has 1 aliphatic rings. The summed E-state index contributed by atoms with van der Waals surface area (Å²) in [5.41, 5.74) is 8.51. The van der Waals surface area contributed by atoms with Crippen molar-refractivity contribution in [3.63, 3.8) is 0 Å². The van der Waals surface area contributed by atoms with Crippen LogP contribution in [0.4, 0.5) is 11.5 Å². The van der Waals surface area contributed by atoms with Crippen LogP contribution in [0.2, 0.25) is 5.02 Å². The van der Waals surface area contributed by atoms with Crippen LogP contribution in [-0.4, -0.2) is 43.6 Å². The minimum atomic E-state index is -0.512. The molecule has 10 heteroatoms. The summed E-state index contributed by atoms with van der Waals surface area (Å²) in [4.78, 5) is 13.4. The summed E-state index contributed by atoms with van der Waals surface area (Å²) >= 11 is 6.28. The maximum absolute atomic E-state index is 13.4. The van der Waals surface area contributed by atoms with E-state index in [2.05, 4.69) is 10.4 Å². The van der Waals surface area contributed by atoms with Crippen LogP contribution in [-0.2, 0) is 0 Å². The molecule has 4 N–H and O–H groups in total. The van der Waals surface area contributed by atoms with Gasteiger partial charge in [-0.15, -0.1) is 5.10 Å². The first-order chi connectivity index (χ1) is 16.5. The number of rotatable bonds is 5. The molecule has 3 heterocycles. The summed E-state index contributed by atoms with van der Waals surface area (Å²) in [6.07, 6.45) is 6.44. The van der Waals surface area contributed by atoms with E-state index in [-0.39, 0.29) is 17.4 Å². The lowest BCUT2D eigenvalue weighted by Gasteiger charge is -2.27. The Morgan fingerprint density at radius 1 is 1.24 bits per heavy atom. The number of carbonyl (C=O) groups excluding carboxylic acids is 1. The number of benzene rings is 1. The molecule has 176 valence electrons. The van der Waals surface area contributed by atoms with Crippen molar-refractivity contribution in [2.75, 3.05) is 18.2 Å². The molecule has 9 nitrogen and oxygen atoms in total. The number of hydrogen-bond acceptors (Lipinski definition) is 6. The highest BCUT2D eigenvalue weighted by Gasteiger charge is 2.28. The number of nitrogens with one attached hydrogen (secondary N) is 1. The van der Waals surface area contributed by atoms with Crippen LogP contribution in [0.5, 0.6) is 5.75 Å². The molecule has 0 unspecified atom stereocenters. The fourth-order valence-corrected chi connectivity index (χ4v) is 4.72. The summed E-state index contributed by atoms with van der Waals surface area (Å²) in [6.45, 7) is 0. The number of nitrogens with two attached hydrogens (primary N) is 1. The lowest BCUT2D eigenvalue weighted by Crippen LogP contribution is -2.27. The summed E-state index contributed by atoms with van der Waals surface area (Å²) in [5, 5.41) is 23.1. The molecule has 0 aliphatic heterocycles. The number of aromatic nitrogens is 4. The molecule has 1 fully saturated rings. The van der Waals surface area contributed by atoms with E-state index >= 15 is 0 Å². The Labute approximate surface area is 201 Å². The van der Waals surface area contributed by atoms with E-state index in [0.29, 0.717) is 39.7 Å². The second kappa shape index (κ2) is 9.00. The Morgan fingerprint density at radius 3 is 2.85 bits per heavy atom. The van der Waals surface area contributed by atoms with Gasteiger partial charge >= 0.3 is 0 Å². The minimum Gasteiger partial charge on any atom is -0.496 e. The van der Waals surface area contributed by atoms with Gasteiger partial charge in [-0.1, -0.05) is 30.5 Å². The van der Waals surface area contributed by atoms with Crippen molar-refractivity contribution in [2.45, 2.75) is 37.8 Å². The Hall–Kier alpha value is -3.56. The van der Waals surface area contributed by atoms with E-state index in [4.69, 9.17) is 27.2 Å².